The Labute approximate surface area is 202 Å². The van der Waals surface area contributed by atoms with Gasteiger partial charge < -0.3 is 10.2 Å². The molecule has 1 unspecified atom stereocenters. The van der Waals surface area contributed by atoms with E-state index in [-0.39, 0.29) is 0 Å². The van der Waals surface area contributed by atoms with Gasteiger partial charge in [-0.3, -0.25) is 14.9 Å². The van der Waals surface area contributed by atoms with E-state index in [9.17, 15) is 4.79 Å². The highest BCUT2D eigenvalue weighted by atomic mass is 32.1. The summed E-state index contributed by atoms with van der Waals surface area (Å²) in [5, 5.41) is 12.8. The van der Waals surface area contributed by atoms with Gasteiger partial charge in [-0.05, 0) is 62.9 Å². The van der Waals surface area contributed by atoms with Crippen molar-refractivity contribution in [2.45, 2.75) is 26.4 Å². The molecule has 0 bridgehead atoms. The van der Waals surface area contributed by atoms with Crippen LogP contribution in [0.25, 0.3) is 10.3 Å². The normalized spacial score (nSPS) is 12.1. The standard InChI is InChI=1S/C24H27N7O2S/c1-15-5-7-18(8-6-15)31(4)21-10-9-19-23(28-21)34-24(26-19)27-20-13-17(11-12-25-20)14-30(3)16(2)22(32)29-33/h5-13,16,33H,14H2,1-4H3,(H,29,32)(H,25,26,27). The number of hydrogen-bond donors (Lipinski definition) is 3. The number of fused-ring (bicyclic) bond motifs is 1. The van der Waals surface area contributed by atoms with Gasteiger partial charge in [0, 0.05) is 25.5 Å². The number of anilines is 4. The Bertz CT molecular complexity index is 1290. The predicted molar refractivity (Wildman–Crippen MR) is 135 cm³/mol. The number of rotatable bonds is 8. The van der Waals surface area contributed by atoms with E-state index in [0.29, 0.717) is 17.5 Å². The SMILES string of the molecule is Cc1ccc(N(C)c2ccc3nc(Nc4cc(CN(C)C(C)C(=O)NO)ccn4)sc3n2)cc1. The first-order valence-corrected chi connectivity index (χ1v) is 11.6. The summed E-state index contributed by atoms with van der Waals surface area (Å²) >= 11 is 1.46. The lowest BCUT2D eigenvalue weighted by Crippen LogP contribution is -2.41. The number of pyridine rings is 2. The summed E-state index contributed by atoms with van der Waals surface area (Å²) in [6.45, 7) is 4.31. The van der Waals surface area contributed by atoms with Gasteiger partial charge in [-0.25, -0.2) is 20.4 Å². The Hall–Kier alpha value is -3.60. The molecule has 0 spiro atoms. The quantitative estimate of drug-likeness (QED) is 0.256. The van der Waals surface area contributed by atoms with Gasteiger partial charge in [-0.2, -0.15) is 0 Å². The third kappa shape index (κ3) is 5.30. The topological polar surface area (TPSA) is 107 Å². The van der Waals surface area contributed by atoms with Crippen molar-refractivity contribution in [1.82, 2.24) is 25.3 Å². The van der Waals surface area contributed by atoms with E-state index in [0.717, 1.165) is 27.4 Å². The molecule has 0 aliphatic carbocycles. The van der Waals surface area contributed by atoms with E-state index in [2.05, 4.69) is 46.5 Å². The maximum atomic E-state index is 11.7. The van der Waals surface area contributed by atoms with Crippen LogP contribution in [0.3, 0.4) is 0 Å². The number of nitrogens with one attached hydrogen (secondary N) is 2. The summed E-state index contributed by atoms with van der Waals surface area (Å²) in [5.74, 6) is 1.04. The van der Waals surface area contributed by atoms with Crippen molar-refractivity contribution in [2.24, 2.45) is 0 Å². The third-order valence-electron chi connectivity index (χ3n) is 5.65. The number of thiazole rings is 1. The minimum absolute atomic E-state index is 0.454. The van der Waals surface area contributed by atoms with Crippen LogP contribution < -0.4 is 15.7 Å². The van der Waals surface area contributed by atoms with Gasteiger partial charge in [0.15, 0.2) is 5.13 Å². The van der Waals surface area contributed by atoms with Gasteiger partial charge in [0.25, 0.3) is 5.91 Å². The number of carbonyl (C=O) groups is 1. The molecule has 1 aromatic carbocycles. The second kappa shape index (κ2) is 10.1. The zero-order chi connectivity index (χ0) is 24.2. The second-order valence-corrected chi connectivity index (χ2v) is 9.13. The van der Waals surface area contributed by atoms with Gasteiger partial charge in [-0.15, -0.1) is 0 Å². The number of hydroxylamine groups is 1. The number of hydrogen-bond acceptors (Lipinski definition) is 9. The summed E-state index contributed by atoms with van der Waals surface area (Å²) in [7, 11) is 3.81. The first-order chi connectivity index (χ1) is 16.3. The van der Waals surface area contributed by atoms with Crippen molar-refractivity contribution in [3.05, 3.63) is 65.9 Å². The lowest BCUT2D eigenvalue weighted by molar-refractivity contribution is -0.133. The Morgan fingerprint density at radius 3 is 2.62 bits per heavy atom. The van der Waals surface area contributed by atoms with Crippen LogP contribution in [0, 0.1) is 6.92 Å². The molecule has 3 heterocycles. The maximum absolute atomic E-state index is 11.7. The minimum atomic E-state index is -0.475. The first kappa shape index (κ1) is 23.6. The zero-order valence-corrected chi connectivity index (χ0v) is 20.3. The third-order valence-corrected chi connectivity index (χ3v) is 6.53. The molecule has 0 fully saturated rings. The lowest BCUT2D eigenvalue weighted by atomic mass is 10.2. The van der Waals surface area contributed by atoms with Crippen LogP contribution in [0.15, 0.2) is 54.7 Å². The summed E-state index contributed by atoms with van der Waals surface area (Å²) in [6.07, 6.45) is 1.71. The van der Waals surface area contributed by atoms with Crippen LogP contribution in [0.1, 0.15) is 18.1 Å². The number of benzene rings is 1. The van der Waals surface area contributed by atoms with Crippen LogP contribution in [-0.2, 0) is 11.3 Å². The molecule has 0 aliphatic heterocycles. The van der Waals surface area contributed by atoms with Crippen LogP contribution in [0.4, 0.5) is 22.5 Å². The van der Waals surface area contributed by atoms with E-state index >= 15 is 0 Å². The maximum Gasteiger partial charge on any atom is 0.260 e. The number of amides is 1. The molecule has 0 saturated carbocycles. The van der Waals surface area contributed by atoms with Gasteiger partial charge in [-0.1, -0.05) is 29.0 Å². The van der Waals surface area contributed by atoms with Crippen LogP contribution in [-0.4, -0.2) is 51.1 Å². The van der Waals surface area contributed by atoms with Crippen molar-refractivity contribution >= 4 is 50.0 Å². The predicted octanol–water partition coefficient (Wildman–Crippen LogP) is 4.23. The van der Waals surface area contributed by atoms with E-state index < -0.39 is 11.9 Å². The largest absolute Gasteiger partial charge is 0.329 e. The molecular formula is C24H27N7O2S. The molecule has 0 saturated heterocycles. The highest BCUT2D eigenvalue weighted by Gasteiger charge is 2.18. The molecule has 10 heteroatoms. The van der Waals surface area contributed by atoms with Crippen molar-refractivity contribution in [3.8, 4) is 0 Å². The summed E-state index contributed by atoms with van der Waals surface area (Å²) in [5.41, 5.74) is 5.76. The van der Waals surface area contributed by atoms with Gasteiger partial charge in [0.05, 0.1) is 6.04 Å². The molecule has 3 aromatic heterocycles. The molecule has 0 aliphatic rings. The highest BCUT2D eigenvalue weighted by molar-refractivity contribution is 7.21. The summed E-state index contributed by atoms with van der Waals surface area (Å²) < 4.78 is 0. The fourth-order valence-electron chi connectivity index (χ4n) is 3.42. The Morgan fingerprint density at radius 2 is 1.88 bits per heavy atom. The van der Waals surface area contributed by atoms with Crippen LogP contribution in [0.2, 0.25) is 0 Å². The van der Waals surface area contributed by atoms with Crippen molar-refractivity contribution in [3.63, 3.8) is 0 Å². The summed E-state index contributed by atoms with van der Waals surface area (Å²) in [6, 6.07) is 15.6. The monoisotopic (exact) mass is 477 g/mol. The number of aromatic nitrogens is 3. The Balaban J connectivity index is 1.49. The van der Waals surface area contributed by atoms with Crippen molar-refractivity contribution < 1.29 is 10.0 Å². The molecule has 0 radical (unpaired) electrons. The van der Waals surface area contributed by atoms with Crippen molar-refractivity contribution in [2.75, 3.05) is 24.3 Å². The minimum Gasteiger partial charge on any atom is -0.329 e. The molecule has 4 rings (SSSR count). The highest BCUT2D eigenvalue weighted by Crippen LogP contribution is 2.30. The number of likely N-dealkylation sites (N-methyl/N-ethyl adjacent to an activating group) is 1. The Morgan fingerprint density at radius 1 is 1.12 bits per heavy atom. The van der Waals surface area contributed by atoms with Gasteiger partial charge in [0.1, 0.15) is 22.0 Å². The molecule has 1 amide bonds. The van der Waals surface area contributed by atoms with E-state index in [4.69, 9.17) is 10.2 Å². The Kier molecular flexibility index (Phi) is 7.01. The molecule has 4 aromatic rings. The van der Waals surface area contributed by atoms with E-state index in [1.54, 1.807) is 18.6 Å². The molecule has 176 valence electrons. The van der Waals surface area contributed by atoms with E-state index in [1.807, 2.05) is 48.2 Å². The summed E-state index contributed by atoms with van der Waals surface area (Å²) in [4.78, 5) is 30.2. The average molecular weight is 478 g/mol. The number of aryl methyl sites for hydroxylation is 1. The zero-order valence-electron chi connectivity index (χ0n) is 19.5. The molecule has 1 atom stereocenters. The van der Waals surface area contributed by atoms with Crippen LogP contribution >= 0.6 is 11.3 Å². The molecule has 34 heavy (non-hydrogen) atoms. The second-order valence-electron chi connectivity index (χ2n) is 8.15. The number of carbonyl (C=O) groups excluding carboxylic acids is 1. The van der Waals surface area contributed by atoms with Crippen LogP contribution in [0.5, 0.6) is 0 Å². The molecular weight excluding hydrogens is 450 g/mol. The number of nitrogens with zero attached hydrogens (tertiary/aromatic N) is 5. The lowest BCUT2D eigenvalue weighted by Gasteiger charge is -2.22. The molecule has 9 nitrogen and oxygen atoms in total. The smallest absolute Gasteiger partial charge is 0.260 e. The van der Waals surface area contributed by atoms with E-state index in [1.165, 1.54) is 16.9 Å². The first-order valence-electron chi connectivity index (χ1n) is 10.8. The fourth-order valence-corrected chi connectivity index (χ4v) is 4.26. The fraction of sp³-hybridized carbons (Fsp3) is 0.250. The van der Waals surface area contributed by atoms with Gasteiger partial charge in [0.2, 0.25) is 0 Å². The van der Waals surface area contributed by atoms with Gasteiger partial charge >= 0.3 is 0 Å². The van der Waals surface area contributed by atoms with Crippen molar-refractivity contribution in [1.29, 1.82) is 0 Å². The average Bonchev–Trinajstić information content (AvgIpc) is 3.24. The molecule has 3 N–H and O–H groups in total.